The molecule has 0 amide bonds. The summed E-state index contributed by atoms with van der Waals surface area (Å²) in [7, 11) is 1.95. The van der Waals surface area contributed by atoms with Crippen LogP contribution in [0.4, 0.5) is 0 Å². The van der Waals surface area contributed by atoms with Gasteiger partial charge < -0.3 is 5.32 Å². The Kier molecular flexibility index (Phi) is 4.07. The van der Waals surface area contributed by atoms with Crippen LogP contribution >= 0.6 is 11.3 Å². The van der Waals surface area contributed by atoms with Crippen molar-refractivity contribution in [3.63, 3.8) is 0 Å². The Bertz CT molecular complexity index is 407. The van der Waals surface area contributed by atoms with E-state index in [1.807, 2.05) is 23.4 Å². The Morgan fingerprint density at radius 2 is 2.44 bits per heavy atom. The molecule has 0 aromatic carbocycles. The van der Waals surface area contributed by atoms with E-state index in [2.05, 4.69) is 27.0 Å². The van der Waals surface area contributed by atoms with Crippen LogP contribution in [0.5, 0.6) is 0 Å². The van der Waals surface area contributed by atoms with Crippen LogP contribution in [0.25, 0.3) is 0 Å². The first-order chi connectivity index (χ1) is 7.84. The molecule has 0 aliphatic carbocycles. The molecule has 2 aromatic rings. The molecule has 0 unspecified atom stereocenters. The van der Waals surface area contributed by atoms with Gasteiger partial charge in [0.15, 0.2) is 0 Å². The van der Waals surface area contributed by atoms with Crippen molar-refractivity contribution < 1.29 is 0 Å². The SMILES string of the molecule is Cn1cc(CCCNCc2cscn2)cn1. The first-order valence-corrected chi connectivity index (χ1v) is 6.34. The molecule has 0 spiro atoms. The minimum atomic E-state index is 0.872. The Balaban J connectivity index is 1.59. The predicted molar refractivity (Wildman–Crippen MR) is 65.3 cm³/mol. The number of hydrogen-bond acceptors (Lipinski definition) is 4. The van der Waals surface area contributed by atoms with E-state index in [0.29, 0.717) is 0 Å². The largest absolute Gasteiger partial charge is 0.311 e. The van der Waals surface area contributed by atoms with Crippen LogP contribution in [0, 0.1) is 0 Å². The highest BCUT2D eigenvalue weighted by atomic mass is 32.1. The number of aryl methyl sites for hydroxylation is 2. The summed E-state index contributed by atoms with van der Waals surface area (Å²) in [4.78, 5) is 4.22. The topological polar surface area (TPSA) is 42.7 Å². The number of nitrogens with one attached hydrogen (secondary N) is 1. The van der Waals surface area contributed by atoms with Gasteiger partial charge in [0.2, 0.25) is 0 Å². The first-order valence-electron chi connectivity index (χ1n) is 5.40. The second kappa shape index (κ2) is 5.77. The van der Waals surface area contributed by atoms with E-state index in [1.54, 1.807) is 11.3 Å². The summed E-state index contributed by atoms with van der Waals surface area (Å²) in [6, 6.07) is 0. The highest BCUT2D eigenvalue weighted by Crippen LogP contribution is 2.01. The summed E-state index contributed by atoms with van der Waals surface area (Å²) in [5, 5.41) is 9.60. The minimum absolute atomic E-state index is 0.872. The minimum Gasteiger partial charge on any atom is -0.311 e. The molecule has 4 nitrogen and oxygen atoms in total. The molecule has 0 bridgehead atoms. The fourth-order valence-electron chi connectivity index (χ4n) is 1.56. The van der Waals surface area contributed by atoms with Gasteiger partial charge >= 0.3 is 0 Å². The summed E-state index contributed by atoms with van der Waals surface area (Å²) in [6.45, 7) is 1.89. The van der Waals surface area contributed by atoms with Crippen LogP contribution in [0.15, 0.2) is 23.3 Å². The van der Waals surface area contributed by atoms with Crippen molar-refractivity contribution in [2.24, 2.45) is 7.05 Å². The van der Waals surface area contributed by atoms with Crippen molar-refractivity contribution >= 4 is 11.3 Å². The molecule has 0 aliphatic heterocycles. The smallest absolute Gasteiger partial charge is 0.0795 e. The number of aromatic nitrogens is 3. The molecule has 0 radical (unpaired) electrons. The molecule has 0 saturated heterocycles. The second-order valence-corrected chi connectivity index (χ2v) is 4.50. The molecule has 0 atom stereocenters. The maximum Gasteiger partial charge on any atom is 0.0795 e. The zero-order valence-corrected chi connectivity index (χ0v) is 10.2. The van der Waals surface area contributed by atoms with E-state index in [9.17, 15) is 0 Å². The average Bonchev–Trinajstić information content (AvgIpc) is 2.89. The molecular weight excluding hydrogens is 220 g/mol. The average molecular weight is 236 g/mol. The lowest BCUT2D eigenvalue weighted by atomic mass is 10.2. The summed E-state index contributed by atoms with van der Waals surface area (Å²) in [6.07, 6.45) is 6.22. The lowest BCUT2D eigenvalue weighted by Gasteiger charge is -2.01. The maximum absolute atomic E-state index is 4.22. The third kappa shape index (κ3) is 3.43. The first kappa shape index (κ1) is 11.3. The fraction of sp³-hybridized carbons (Fsp3) is 0.455. The van der Waals surface area contributed by atoms with E-state index in [-0.39, 0.29) is 0 Å². The number of nitrogens with zero attached hydrogens (tertiary/aromatic N) is 3. The van der Waals surface area contributed by atoms with Gasteiger partial charge in [-0.05, 0) is 24.9 Å². The summed E-state index contributed by atoms with van der Waals surface area (Å²) < 4.78 is 1.85. The van der Waals surface area contributed by atoms with Crippen LogP contribution in [0.2, 0.25) is 0 Å². The zero-order chi connectivity index (χ0) is 11.2. The van der Waals surface area contributed by atoms with Gasteiger partial charge in [-0.1, -0.05) is 0 Å². The van der Waals surface area contributed by atoms with E-state index >= 15 is 0 Å². The Hall–Kier alpha value is -1.20. The second-order valence-electron chi connectivity index (χ2n) is 3.78. The number of rotatable bonds is 6. The summed E-state index contributed by atoms with van der Waals surface area (Å²) in [5.74, 6) is 0. The van der Waals surface area contributed by atoms with Crippen LogP contribution in [0.3, 0.4) is 0 Å². The number of hydrogen-bond donors (Lipinski definition) is 1. The molecule has 2 rings (SSSR count). The van der Waals surface area contributed by atoms with Gasteiger partial charge in [-0.2, -0.15) is 5.10 Å². The molecule has 2 aromatic heterocycles. The summed E-state index contributed by atoms with van der Waals surface area (Å²) >= 11 is 1.64. The standard InChI is InChI=1S/C11H16N4S/c1-15-7-10(5-14-15)3-2-4-12-6-11-8-16-9-13-11/h5,7-9,12H,2-4,6H2,1H3. The van der Waals surface area contributed by atoms with Crippen LogP contribution in [0.1, 0.15) is 17.7 Å². The summed E-state index contributed by atoms with van der Waals surface area (Å²) in [5.41, 5.74) is 4.30. The monoisotopic (exact) mass is 236 g/mol. The lowest BCUT2D eigenvalue weighted by molar-refractivity contribution is 0.642. The fourth-order valence-corrected chi connectivity index (χ4v) is 2.12. The van der Waals surface area contributed by atoms with E-state index in [0.717, 1.165) is 31.6 Å². The lowest BCUT2D eigenvalue weighted by Crippen LogP contribution is -2.15. The van der Waals surface area contributed by atoms with Gasteiger partial charge in [-0.15, -0.1) is 11.3 Å². The Morgan fingerprint density at radius 1 is 1.50 bits per heavy atom. The Morgan fingerprint density at radius 3 is 3.12 bits per heavy atom. The highest BCUT2D eigenvalue weighted by molar-refractivity contribution is 7.07. The molecule has 2 heterocycles. The normalized spacial score (nSPS) is 10.8. The molecule has 16 heavy (non-hydrogen) atoms. The molecule has 0 saturated carbocycles. The molecular formula is C11H16N4S. The Labute approximate surface area is 99.3 Å². The number of thiazole rings is 1. The van der Waals surface area contributed by atoms with Gasteiger partial charge in [0.05, 0.1) is 17.4 Å². The molecule has 5 heteroatoms. The van der Waals surface area contributed by atoms with Crippen molar-refractivity contribution in [1.82, 2.24) is 20.1 Å². The van der Waals surface area contributed by atoms with E-state index < -0.39 is 0 Å². The molecule has 0 aliphatic rings. The van der Waals surface area contributed by atoms with Gasteiger partial charge in [0.25, 0.3) is 0 Å². The molecule has 1 N–H and O–H groups in total. The predicted octanol–water partition coefficient (Wildman–Crippen LogP) is 1.60. The van der Waals surface area contributed by atoms with Crippen molar-refractivity contribution in [2.45, 2.75) is 19.4 Å². The van der Waals surface area contributed by atoms with Crippen LogP contribution < -0.4 is 5.32 Å². The van der Waals surface area contributed by atoms with Crippen LogP contribution in [-0.2, 0) is 20.0 Å². The quantitative estimate of drug-likeness (QED) is 0.775. The van der Waals surface area contributed by atoms with Crippen LogP contribution in [-0.4, -0.2) is 21.3 Å². The van der Waals surface area contributed by atoms with Crippen molar-refractivity contribution in [3.8, 4) is 0 Å². The highest BCUT2D eigenvalue weighted by Gasteiger charge is 1.97. The third-order valence-corrected chi connectivity index (χ3v) is 3.00. The third-order valence-electron chi connectivity index (χ3n) is 2.37. The van der Waals surface area contributed by atoms with Gasteiger partial charge in [-0.3, -0.25) is 4.68 Å². The van der Waals surface area contributed by atoms with Gasteiger partial charge in [0.1, 0.15) is 0 Å². The van der Waals surface area contributed by atoms with E-state index in [1.165, 1.54) is 5.56 Å². The van der Waals surface area contributed by atoms with Crippen molar-refractivity contribution in [3.05, 3.63) is 34.5 Å². The van der Waals surface area contributed by atoms with Crippen molar-refractivity contribution in [1.29, 1.82) is 0 Å². The van der Waals surface area contributed by atoms with Gasteiger partial charge in [0, 0.05) is 25.2 Å². The maximum atomic E-state index is 4.22. The van der Waals surface area contributed by atoms with Crippen molar-refractivity contribution in [2.75, 3.05) is 6.54 Å². The molecule has 86 valence electrons. The van der Waals surface area contributed by atoms with Gasteiger partial charge in [-0.25, -0.2) is 4.98 Å². The zero-order valence-electron chi connectivity index (χ0n) is 9.39. The molecule has 0 fully saturated rings. The van der Waals surface area contributed by atoms with E-state index in [4.69, 9.17) is 0 Å².